The Hall–Kier alpha value is -4.35. The molecule has 0 spiro atoms. The summed E-state index contributed by atoms with van der Waals surface area (Å²) in [4.78, 5) is 58.6. The summed E-state index contributed by atoms with van der Waals surface area (Å²) in [5.41, 5.74) is 2.12. The number of rotatable bonds is 7. The normalized spacial score (nSPS) is 27.6. The number of H-pyrrole nitrogens is 1. The summed E-state index contributed by atoms with van der Waals surface area (Å²) in [6.07, 6.45) is 0.782. The van der Waals surface area contributed by atoms with Crippen LogP contribution in [0, 0.1) is 29.6 Å². The lowest BCUT2D eigenvalue weighted by molar-refractivity contribution is -0.123. The Bertz CT molecular complexity index is 1870. The molecule has 1 aromatic heterocycles. The minimum Gasteiger partial charge on any atom is -0.497 e. The number of thioether (sulfide) groups is 1. The lowest BCUT2D eigenvalue weighted by Gasteiger charge is -2.43. The van der Waals surface area contributed by atoms with Crippen LogP contribution in [0.15, 0.2) is 88.7 Å². The first-order valence-electron chi connectivity index (χ1n) is 14.9. The number of thiazole rings is 1. The zero-order chi connectivity index (χ0) is 30.8. The molecule has 2 N–H and O–H groups in total. The van der Waals surface area contributed by atoms with Crippen molar-refractivity contribution in [3.63, 3.8) is 0 Å². The number of ether oxygens (including phenoxy) is 2. The van der Waals surface area contributed by atoms with Crippen molar-refractivity contribution in [1.29, 1.82) is 0 Å². The molecule has 3 amide bonds. The lowest BCUT2D eigenvalue weighted by atomic mass is 9.68. The van der Waals surface area contributed by atoms with Gasteiger partial charge < -0.3 is 19.8 Å². The van der Waals surface area contributed by atoms with Crippen LogP contribution in [0.4, 0.5) is 11.4 Å². The maximum absolute atomic E-state index is 14.0. The van der Waals surface area contributed by atoms with Gasteiger partial charge in [-0.1, -0.05) is 47.7 Å². The van der Waals surface area contributed by atoms with Gasteiger partial charge in [-0.15, -0.1) is 11.8 Å². The standard InChI is InChI=1S/C34H29N3O6S2/c1-42-19-13-11-18(12-14-19)37-32(39)27-21-15-22(28(27)33(37)40)29-26(21)25(30-31(44-29)36-34(41)45-30)20-9-5-6-10-23(20)43-16-24(38)35-17-7-3-2-4-8-17/h2-14,21-22,25-29H,15-16H2,1H3,(H,35,38)(H,36,41)/t21-,22-,25-,26?,27?,28?,29?/m1/s1. The SMILES string of the molecule is COc1ccc(N2C(=O)C3C(C2=O)[C@@H]2C[C@H]3C3Sc4[nH]c(=O)sc4[C@H](c4ccccc4OCC(=O)Nc4ccccc4)C32)cc1. The molecule has 4 unspecified atom stereocenters. The van der Waals surface area contributed by atoms with Gasteiger partial charge in [0.1, 0.15) is 11.5 Å². The van der Waals surface area contributed by atoms with E-state index >= 15 is 0 Å². The number of benzene rings is 3. The molecule has 3 heterocycles. The Kier molecular flexibility index (Phi) is 6.83. The van der Waals surface area contributed by atoms with Gasteiger partial charge in [0.25, 0.3) is 5.91 Å². The molecule has 4 aromatic rings. The van der Waals surface area contributed by atoms with E-state index in [0.29, 0.717) is 22.9 Å². The van der Waals surface area contributed by atoms with E-state index in [-0.39, 0.29) is 64.0 Å². The summed E-state index contributed by atoms with van der Waals surface area (Å²) in [6.45, 7) is -0.182. The molecule has 45 heavy (non-hydrogen) atoms. The van der Waals surface area contributed by atoms with Crippen molar-refractivity contribution >= 4 is 52.2 Å². The van der Waals surface area contributed by atoms with Crippen LogP contribution >= 0.6 is 23.1 Å². The van der Waals surface area contributed by atoms with E-state index < -0.39 is 5.92 Å². The first-order valence-corrected chi connectivity index (χ1v) is 16.6. The van der Waals surface area contributed by atoms with Crippen LogP contribution in [0.2, 0.25) is 0 Å². The molecule has 9 nitrogen and oxygen atoms in total. The summed E-state index contributed by atoms with van der Waals surface area (Å²) in [6, 6.07) is 23.9. The Labute approximate surface area is 266 Å². The number of nitrogens with zero attached hydrogens (tertiary/aromatic N) is 1. The summed E-state index contributed by atoms with van der Waals surface area (Å²) in [7, 11) is 1.58. The second-order valence-corrected chi connectivity index (χ2v) is 14.1. The Balaban J connectivity index is 1.13. The number of amides is 3. The van der Waals surface area contributed by atoms with Crippen LogP contribution in [0.1, 0.15) is 22.8 Å². The van der Waals surface area contributed by atoms with Gasteiger partial charge in [-0.05, 0) is 66.6 Å². The molecule has 3 aromatic carbocycles. The predicted octanol–water partition coefficient (Wildman–Crippen LogP) is 5.14. The Morgan fingerprint density at radius 3 is 2.40 bits per heavy atom. The smallest absolute Gasteiger partial charge is 0.305 e. The fourth-order valence-corrected chi connectivity index (χ4v) is 11.0. The highest BCUT2D eigenvalue weighted by Gasteiger charge is 2.69. The van der Waals surface area contributed by atoms with Crippen molar-refractivity contribution in [3.8, 4) is 11.5 Å². The van der Waals surface area contributed by atoms with E-state index in [9.17, 15) is 19.2 Å². The second-order valence-electron chi connectivity index (χ2n) is 11.9. The number of nitrogens with one attached hydrogen (secondary N) is 2. The fourth-order valence-electron chi connectivity index (χ4n) is 8.08. The number of methoxy groups -OCH3 is 1. The number of aromatic nitrogens is 1. The number of carbonyl (C=O) groups is 3. The van der Waals surface area contributed by atoms with Crippen LogP contribution in [-0.2, 0) is 14.4 Å². The van der Waals surface area contributed by atoms with Crippen molar-refractivity contribution in [1.82, 2.24) is 4.98 Å². The number of para-hydroxylation sites is 2. The summed E-state index contributed by atoms with van der Waals surface area (Å²) >= 11 is 2.83. The minimum atomic E-state index is -0.420. The van der Waals surface area contributed by atoms with Crippen molar-refractivity contribution in [2.75, 3.05) is 23.9 Å². The molecule has 2 saturated carbocycles. The monoisotopic (exact) mass is 639 g/mol. The third-order valence-electron chi connectivity index (χ3n) is 9.72. The van der Waals surface area contributed by atoms with Gasteiger partial charge in [0.05, 0.1) is 29.7 Å². The molecule has 11 heteroatoms. The number of aromatic amines is 1. The molecule has 1 saturated heterocycles. The quantitative estimate of drug-likeness (QED) is 0.269. The van der Waals surface area contributed by atoms with Crippen LogP contribution < -0.4 is 24.6 Å². The molecule has 2 aliphatic heterocycles. The summed E-state index contributed by atoms with van der Waals surface area (Å²) in [5.74, 6) is -0.422. The van der Waals surface area contributed by atoms with E-state index in [1.54, 1.807) is 43.1 Å². The molecule has 0 radical (unpaired) electrons. The average Bonchev–Trinajstić information content (AvgIpc) is 3.79. The number of hydrogen-bond donors (Lipinski definition) is 2. The van der Waals surface area contributed by atoms with E-state index in [0.717, 1.165) is 21.9 Å². The first-order chi connectivity index (χ1) is 21.9. The Morgan fingerprint density at radius 1 is 0.933 bits per heavy atom. The van der Waals surface area contributed by atoms with Gasteiger partial charge in [-0.2, -0.15) is 0 Å². The highest BCUT2D eigenvalue weighted by Crippen LogP contribution is 2.69. The molecule has 8 rings (SSSR count). The van der Waals surface area contributed by atoms with E-state index in [1.807, 2.05) is 54.6 Å². The van der Waals surface area contributed by atoms with Crippen molar-refractivity contribution in [2.45, 2.75) is 22.6 Å². The Morgan fingerprint density at radius 2 is 1.64 bits per heavy atom. The van der Waals surface area contributed by atoms with E-state index in [4.69, 9.17) is 9.47 Å². The predicted molar refractivity (Wildman–Crippen MR) is 171 cm³/mol. The molecular formula is C34H29N3O6S2. The van der Waals surface area contributed by atoms with E-state index in [2.05, 4.69) is 10.3 Å². The van der Waals surface area contributed by atoms with Gasteiger partial charge in [-0.25, -0.2) is 0 Å². The highest BCUT2D eigenvalue weighted by atomic mass is 32.2. The zero-order valence-corrected chi connectivity index (χ0v) is 25.8. The molecule has 228 valence electrons. The van der Waals surface area contributed by atoms with Gasteiger partial charge in [0.2, 0.25) is 11.8 Å². The number of carbonyl (C=O) groups excluding carboxylic acids is 3. The maximum Gasteiger partial charge on any atom is 0.305 e. The third-order valence-corrected chi connectivity index (χ3v) is 12.3. The number of hydrogen-bond acceptors (Lipinski definition) is 8. The third kappa shape index (κ3) is 4.51. The van der Waals surface area contributed by atoms with Crippen LogP contribution in [0.25, 0.3) is 0 Å². The molecule has 2 bridgehead atoms. The molecular weight excluding hydrogens is 611 g/mol. The van der Waals surface area contributed by atoms with Crippen LogP contribution in [-0.4, -0.2) is 41.7 Å². The van der Waals surface area contributed by atoms with Crippen molar-refractivity contribution < 1.29 is 23.9 Å². The zero-order valence-electron chi connectivity index (χ0n) is 24.2. The van der Waals surface area contributed by atoms with Crippen LogP contribution in [0.5, 0.6) is 11.5 Å². The van der Waals surface area contributed by atoms with Crippen molar-refractivity contribution in [2.24, 2.45) is 29.6 Å². The number of imide groups is 1. The van der Waals surface area contributed by atoms with Gasteiger partial charge >= 0.3 is 4.87 Å². The van der Waals surface area contributed by atoms with E-state index in [1.165, 1.54) is 16.2 Å². The average molecular weight is 640 g/mol. The maximum atomic E-state index is 14.0. The first kappa shape index (κ1) is 28.1. The second kappa shape index (κ2) is 10.9. The topological polar surface area (TPSA) is 118 Å². The number of fused-ring (bicyclic) bond motifs is 9. The largest absolute Gasteiger partial charge is 0.497 e. The van der Waals surface area contributed by atoms with Crippen molar-refractivity contribution in [3.05, 3.63) is 99.0 Å². The lowest BCUT2D eigenvalue weighted by Crippen LogP contribution is -2.42. The summed E-state index contributed by atoms with van der Waals surface area (Å²) < 4.78 is 11.4. The fraction of sp³-hybridized carbons (Fsp3) is 0.294. The molecule has 3 fully saturated rings. The van der Waals surface area contributed by atoms with Crippen LogP contribution in [0.3, 0.4) is 0 Å². The molecule has 4 aliphatic rings. The van der Waals surface area contributed by atoms with Gasteiger partial charge in [0.15, 0.2) is 6.61 Å². The molecule has 7 atom stereocenters. The highest BCUT2D eigenvalue weighted by molar-refractivity contribution is 8.00. The number of anilines is 2. The van der Waals surface area contributed by atoms with Gasteiger partial charge in [-0.3, -0.25) is 24.1 Å². The molecule has 2 aliphatic carbocycles. The van der Waals surface area contributed by atoms with Gasteiger partial charge in [0, 0.05) is 27.3 Å². The minimum absolute atomic E-state index is 0.00141. The summed E-state index contributed by atoms with van der Waals surface area (Å²) in [5, 5.41) is 3.72.